The molecule has 0 spiro atoms. The normalized spacial score (nSPS) is 11.6. The van der Waals surface area contributed by atoms with Crippen LogP contribution in [0.25, 0.3) is 0 Å². The van der Waals surface area contributed by atoms with Crippen LogP contribution in [0.5, 0.6) is 0 Å². The minimum absolute atomic E-state index is 0.0643. The number of aromatic nitrogens is 1. The molecule has 0 aliphatic carbocycles. The third-order valence-corrected chi connectivity index (χ3v) is 4.78. The molecule has 1 unspecified atom stereocenters. The Bertz CT molecular complexity index is 1010. The number of hydrogen-bond acceptors (Lipinski definition) is 3. The largest absolute Gasteiger partial charge is 0.326 e. The first-order chi connectivity index (χ1) is 13.9. The predicted molar refractivity (Wildman–Crippen MR) is 114 cm³/mol. The molecule has 2 N–H and O–H groups in total. The number of halogens is 2. The molecule has 2 aromatic carbocycles. The molecule has 5 nitrogen and oxygen atoms in total. The lowest BCUT2D eigenvalue weighted by Gasteiger charge is -2.13. The fourth-order valence-corrected chi connectivity index (χ4v) is 3.01. The quantitative estimate of drug-likeness (QED) is 0.524. The second kappa shape index (κ2) is 9.43. The van der Waals surface area contributed by atoms with Crippen LogP contribution in [0.3, 0.4) is 0 Å². The van der Waals surface area contributed by atoms with Crippen molar-refractivity contribution in [3.8, 4) is 0 Å². The number of pyridine rings is 1. The molecule has 0 saturated heterocycles. The van der Waals surface area contributed by atoms with E-state index in [-0.39, 0.29) is 30.0 Å². The second-order valence-electron chi connectivity index (χ2n) is 6.60. The van der Waals surface area contributed by atoms with Gasteiger partial charge in [-0.3, -0.25) is 9.59 Å². The molecule has 0 saturated carbocycles. The number of carbonyl (C=O) groups is 2. The van der Waals surface area contributed by atoms with Gasteiger partial charge in [0.25, 0.3) is 5.91 Å². The van der Waals surface area contributed by atoms with Crippen molar-refractivity contribution < 1.29 is 14.0 Å². The number of hydrogen-bond donors (Lipinski definition) is 2. The molecular formula is C22H19BrFN3O2. The topological polar surface area (TPSA) is 71.1 Å². The summed E-state index contributed by atoms with van der Waals surface area (Å²) in [5.74, 6) is -0.449. The number of amides is 2. The van der Waals surface area contributed by atoms with Crippen molar-refractivity contribution in [1.82, 2.24) is 4.98 Å². The Morgan fingerprint density at radius 2 is 1.83 bits per heavy atom. The Morgan fingerprint density at radius 1 is 1.07 bits per heavy atom. The van der Waals surface area contributed by atoms with Crippen LogP contribution in [0, 0.1) is 5.82 Å². The summed E-state index contributed by atoms with van der Waals surface area (Å²) in [4.78, 5) is 28.9. The lowest BCUT2D eigenvalue weighted by atomic mass is 9.97. The van der Waals surface area contributed by atoms with Gasteiger partial charge in [0, 0.05) is 28.3 Å². The Balaban J connectivity index is 1.61. The zero-order valence-electron chi connectivity index (χ0n) is 15.7. The van der Waals surface area contributed by atoms with Crippen LogP contribution in [0.4, 0.5) is 15.9 Å². The van der Waals surface area contributed by atoms with E-state index < -0.39 is 0 Å². The third-order valence-electron chi connectivity index (χ3n) is 4.31. The van der Waals surface area contributed by atoms with Crippen LogP contribution in [0.15, 0.2) is 71.3 Å². The van der Waals surface area contributed by atoms with Crippen molar-refractivity contribution in [2.24, 2.45) is 0 Å². The van der Waals surface area contributed by atoms with Gasteiger partial charge >= 0.3 is 0 Å². The first-order valence-corrected chi connectivity index (χ1v) is 9.78. The van der Waals surface area contributed by atoms with Gasteiger partial charge in [0.05, 0.1) is 0 Å². The lowest BCUT2D eigenvalue weighted by molar-refractivity contribution is -0.116. The van der Waals surface area contributed by atoms with Gasteiger partial charge in [0.15, 0.2) is 0 Å². The van der Waals surface area contributed by atoms with E-state index in [0.717, 1.165) is 10.0 Å². The third kappa shape index (κ3) is 5.96. The van der Waals surface area contributed by atoms with Gasteiger partial charge in [-0.05, 0) is 69.9 Å². The van der Waals surface area contributed by atoms with Crippen molar-refractivity contribution >= 4 is 39.2 Å². The maximum atomic E-state index is 13.0. The highest BCUT2D eigenvalue weighted by molar-refractivity contribution is 9.10. The van der Waals surface area contributed by atoms with Crippen molar-refractivity contribution in [3.05, 3.63) is 88.3 Å². The zero-order chi connectivity index (χ0) is 20.8. The summed E-state index contributed by atoms with van der Waals surface area (Å²) in [5.41, 5.74) is 1.81. The molecule has 29 heavy (non-hydrogen) atoms. The Morgan fingerprint density at radius 3 is 2.52 bits per heavy atom. The van der Waals surface area contributed by atoms with Crippen LogP contribution >= 0.6 is 15.9 Å². The minimum Gasteiger partial charge on any atom is -0.326 e. The summed E-state index contributed by atoms with van der Waals surface area (Å²) >= 11 is 3.29. The number of carbonyl (C=O) groups excluding carboxylic acids is 2. The van der Waals surface area contributed by atoms with E-state index in [1.807, 2.05) is 6.92 Å². The second-order valence-corrected chi connectivity index (χ2v) is 7.52. The van der Waals surface area contributed by atoms with Crippen molar-refractivity contribution in [2.75, 3.05) is 10.6 Å². The smallest absolute Gasteiger partial charge is 0.256 e. The molecule has 0 fully saturated rings. The van der Waals surface area contributed by atoms with Crippen molar-refractivity contribution in [1.29, 1.82) is 0 Å². The maximum Gasteiger partial charge on any atom is 0.256 e. The first-order valence-electron chi connectivity index (χ1n) is 8.99. The summed E-state index contributed by atoms with van der Waals surface area (Å²) in [6.45, 7) is 1.90. The summed E-state index contributed by atoms with van der Waals surface area (Å²) in [5, 5.41) is 5.52. The number of benzene rings is 2. The average Bonchev–Trinajstić information content (AvgIpc) is 2.70. The first kappa shape index (κ1) is 20.7. The zero-order valence-corrected chi connectivity index (χ0v) is 17.2. The summed E-state index contributed by atoms with van der Waals surface area (Å²) in [6.07, 6.45) is 1.83. The molecule has 0 aliphatic heterocycles. The standard InChI is InChI=1S/C22H19BrFN3O2/c1-14(15-5-8-18(24)9-6-15)11-21(28)26-19-4-2-3-16(12-19)22(29)27-20-10-7-17(23)13-25-20/h2-10,12-14H,11H2,1H3,(H,26,28)(H,25,27,29). The van der Waals surface area contributed by atoms with E-state index in [2.05, 4.69) is 31.5 Å². The molecule has 0 bridgehead atoms. The number of rotatable bonds is 6. The van der Waals surface area contributed by atoms with Gasteiger partial charge in [0.2, 0.25) is 5.91 Å². The van der Waals surface area contributed by atoms with Gasteiger partial charge in [0.1, 0.15) is 11.6 Å². The fraction of sp³-hybridized carbons (Fsp3) is 0.136. The maximum absolute atomic E-state index is 13.0. The van der Waals surface area contributed by atoms with Crippen LogP contribution in [0.2, 0.25) is 0 Å². The van der Waals surface area contributed by atoms with Crippen LogP contribution in [-0.2, 0) is 4.79 Å². The van der Waals surface area contributed by atoms with Crippen LogP contribution < -0.4 is 10.6 Å². The Kier molecular flexibility index (Phi) is 6.72. The molecule has 1 heterocycles. The number of nitrogens with zero attached hydrogens (tertiary/aromatic N) is 1. The van der Waals surface area contributed by atoms with E-state index in [0.29, 0.717) is 17.1 Å². The summed E-state index contributed by atoms with van der Waals surface area (Å²) < 4.78 is 13.9. The highest BCUT2D eigenvalue weighted by Crippen LogP contribution is 2.21. The minimum atomic E-state index is -0.324. The molecular weight excluding hydrogens is 437 g/mol. The van der Waals surface area contributed by atoms with E-state index in [4.69, 9.17) is 0 Å². The van der Waals surface area contributed by atoms with Gasteiger partial charge < -0.3 is 10.6 Å². The summed E-state index contributed by atoms with van der Waals surface area (Å²) in [7, 11) is 0. The molecule has 2 amide bonds. The Hall–Kier alpha value is -3.06. The average molecular weight is 456 g/mol. The SMILES string of the molecule is CC(CC(=O)Nc1cccc(C(=O)Nc2ccc(Br)cn2)c1)c1ccc(F)cc1. The molecule has 0 aliphatic rings. The molecule has 148 valence electrons. The van der Waals surface area contributed by atoms with Gasteiger partial charge in [-0.15, -0.1) is 0 Å². The molecule has 3 rings (SSSR count). The van der Waals surface area contributed by atoms with E-state index in [1.165, 1.54) is 12.1 Å². The van der Waals surface area contributed by atoms with Crippen LogP contribution in [0.1, 0.15) is 35.2 Å². The van der Waals surface area contributed by atoms with E-state index in [1.54, 1.807) is 54.7 Å². The Labute approximate surface area is 176 Å². The highest BCUT2D eigenvalue weighted by Gasteiger charge is 2.13. The molecule has 1 atom stereocenters. The molecule has 1 aromatic heterocycles. The molecule has 0 radical (unpaired) electrons. The van der Waals surface area contributed by atoms with Crippen molar-refractivity contribution in [2.45, 2.75) is 19.3 Å². The number of anilines is 2. The lowest BCUT2D eigenvalue weighted by Crippen LogP contribution is -2.16. The number of nitrogens with one attached hydrogen (secondary N) is 2. The molecule has 7 heteroatoms. The van der Waals surface area contributed by atoms with Crippen molar-refractivity contribution in [3.63, 3.8) is 0 Å². The summed E-state index contributed by atoms with van der Waals surface area (Å²) in [6, 6.07) is 16.3. The van der Waals surface area contributed by atoms with E-state index in [9.17, 15) is 14.0 Å². The van der Waals surface area contributed by atoms with Gasteiger partial charge in [-0.2, -0.15) is 0 Å². The molecule has 3 aromatic rings. The predicted octanol–water partition coefficient (Wildman–Crippen LogP) is 5.37. The van der Waals surface area contributed by atoms with Gasteiger partial charge in [-0.1, -0.05) is 25.1 Å². The van der Waals surface area contributed by atoms with Gasteiger partial charge in [-0.25, -0.2) is 9.37 Å². The highest BCUT2D eigenvalue weighted by atomic mass is 79.9. The van der Waals surface area contributed by atoms with E-state index >= 15 is 0 Å². The fourth-order valence-electron chi connectivity index (χ4n) is 2.78. The van der Waals surface area contributed by atoms with Crippen LogP contribution in [-0.4, -0.2) is 16.8 Å². The monoisotopic (exact) mass is 455 g/mol.